The number of carboxylic acids is 1. The van der Waals surface area contributed by atoms with E-state index in [9.17, 15) is 9.59 Å². The number of hydrogen-bond donors (Lipinski definition) is 2. The summed E-state index contributed by atoms with van der Waals surface area (Å²) in [7, 11) is 0. The van der Waals surface area contributed by atoms with Crippen LogP contribution in [-0.2, 0) is 9.59 Å². The van der Waals surface area contributed by atoms with Gasteiger partial charge in [-0.2, -0.15) is 0 Å². The Balaban J connectivity index is 2.05. The van der Waals surface area contributed by atoms with Crippen molar-refractivity contribution in [1.29, 1.82) is 0 Å². The molecule has 19 heavy (non-hydrogen) atoms. The van der Waals surface area contributed by atoms with Gasteiger partial charge >= 0.3 is 5.97 Å². The molecule has 1 heterocycles. The van der Waals surface area contributed by atoms with E-state index >= 15 is 0 Å². The van der Waals surface area contributed by atoms with Crippen LogP contribution in [0.3, 0.4) is 0 Å². The van der Waals surface area contributed by atoms with Crippen molar-refractivity contribution in [2.24, 2.45) is 0 Å². The molecule has 1 amide bonds. The fraction of sp³-hybridized carbons (Fsp3) is 0.385. The third-order valence-corrected chi connectivity index (χ3v) is 3.89. The number of carbonyl (C=O) groups is 2. The predicted octanol–water partition coefficient (Wildman–Crippen LogP) is 1.52. The van der Waals surface area contributed by atoms with Gasteiger partial charge in [0.05, 0.1) is 0 Å². The van der Waals surface area contributed by atoms with Crippen LogP contribution in [0.2, 0.25) is 0 Å². The lowest BCUT2D eigenvalue weighted by Crippen LogP contribution is -2.54. The highest BCUT2D eigenvalue weighted by molar-refractivity contribution is 7.99. The Morgan fingerprint density at radius 1 is 1.42 bits per heavy atom. The van der Waals surface area contributed by atoms with E-state index in [1.54, 1.807) is 6.07 Å². The summed E-state index contributed by atoms with van der Waals surface area (Å²) in [4.78, 5) is 24.0. The van der Waals surface area contributed by atoms with Gasteiger partial charge in [0.1, 0.15) is 11.3 Å². The highest BCUT2D eigenvalue weighted by atomic mass is 32.2. The molecule has 0 spiro atoms. The molecule has 0 saturated carbocycles. The van der Waals surface area contributed by atoms with Crippen LogP contribution in [0.15, 0.2) is 29.2 Å². The number of nitrogens with one attached hydrogen (secondary N) is 1. The smallest absolute Gasteiger partial charge is 0.328 e. The van der Waals surface area contributed by atoms with Gasteiger partial charge in [0.2, 0.25) is 0 Å². The van der Waals surface area contributed by atoms with Gasteiger partial charge < -0.3 is 15.2 Å². The molecule has 2 rings (SSSR count). The highest BCUT2D eigenvalue weighted by Gasteiger charge is 2.34. The SMILES string of the molecule is CC(C)(NC(=O)[C@H]1CSc2ccccc2O1)C(=O)O. The lowest BCUT2D eigenvalue weighted by Gasteiger charge is -2.28. The molecule has 1 aromatic carbocycles. The van der Waals surface area contributed by atoms with Crippen molar-refractivity contribution in [3.8, 4) is 5.75 Å². The third kappa shape index (κ3) is 3.01. The highest BCUT2D eigenvalue weighted by Crippen LogP contribution is 2.34. The normalized spacial score (nSPS) is 18.1. The average Bonchev–Trinajstić information content (AvgIpc) is 2.37. The van der Waals surface area contributed by atoms with Gasteiger partial charge in [-0.15, -0.1) is 11.8 Å². The second-order valence-electron chi connectivity index (χ2n) is 4.78. The maximum atomic E-state index is 12.0. The van der Waals surface area contributed by atoms with Gasteiger partial charge in [0, 0.05) is 10.6 Å². The first-order chi connectivity index (χ1) is 8.90. The van der Waals surface area contributed by atoms with Crippen LogP contribution < -0.4 is 10.1 Å². The van der Waals surface area contributed by atoms with Crippen molar-refractivity contribution in [2.45, 2.75) is 30.4 Å². The van der Waals surface area contributed by atoms with Gasteiger partial charge in [-0.25, -0.2) is 4.79 Å². The van der Waals surface area contributed by atoms with E-state index in [0.717, 1.165) is 4.90 Å². The van der Waals surface area contributed by atoms with Crippen LogP contribution in [-0.4, -0.2) is 34.4 Å². The second kappa shape index (κ2) is 5.13. The van der Waals surface area contributed by atoms with E-state index in [0.29, 0.717) is 11.5 Å². The lowest BCUT2D eigenvalue weighted by atomic mass is 10.1. The minimum absolute atomic E-state index is 0.408. The van der Waals surface area contributed by atoms with Gasteiger partial charge in [-0.3, -0.25) is 4.79 Å². The molecule has 0 aliphatic carbocycles. The molecule has 0 radical (unpaired) electrons. The number of thioether (sulfide) groups is 1. The molecule has 0 saturated heterocycles. The Morgan fingerprint density at radius 3 is 2.79 bits per heavy atom. The molecule has 1 aliphatic heterocycles. The standard InChI is InChI=1S/C13H15NO4S/c1-13(2,12(16)17)14-11(15)9-7-19-10-6-4-3-5-8(10)18-9/h3-6,9H,7H2,1-2H3,(H,14,15)(H,16,17)/t9-/m1/s1. The fourth-order valence-electron chi connectivity index (χ4n) is 1.59. The Labute approximate surface area is 115 Å². The average molecular weight is 281 g/mol. The zero-order valence-electron chi connectivity index (χ0n) is 10.7. The van der Waals surface area contributed by atoms with E-state index < -0.39 is 23.5 Å². The largest absolute Gasteiger partial charge is 0.480 e. The Hall–Kier alpha value is -1.69. The van der Waals surface area contributed by atoms with E-state index in [4.69, 9.17) is 9.84 Å². The summed E-state index contributed by atoms with van der Waals surface area (Å²) < 4.78 is 5.59. The van der Waals surface area contributed by atoms with Gasteiger partial charge in [0.25, 0.3) is 5.91 Å². The topological polar surface area (TPSA) is 75.6 Å². The minimum atomic E-state index is -1.30. The number of fused-ring (bicyclic) bond motifs is 1. The molecule has 5 nitrogen and oxygen atoms in total. The first-order valence-electron chi connectivity index (χ1n) is 5.84. The van der Waals surface area contributed by atoms with Crippen molar-refractivity contribution in [2.75, 3.05) is 5.75 Å². The number of rotatable bonds is 3. The number of carbonyl (C=O) groups excluding carboxylic acids is 1. The summed E-state index contributed by atoms with van der Waals surface area (Å²) in [6.07, 6.45) is -0.668. The molecule has 0 bridgehead atoms. The van der Waals surface area contributed by atoms with Crippen LogP contribution in [0.1, 0.15) is 13.8 Å². The quantitative estimate of drug-likeness (QED) is 0.878. The summed E-state index contributed by atoms with van der Waals surface area (Å²) in [5, 5.41) is 11.5. The summed E-state index contributed by atoms with van der Waals surface area (Å²) in [6, 6.07) is 7.46. The maximum Gasteiger partial charge on any atom is 0.328 e. The Morgan fingerprint density at radius 2 is 2.11 bits per heavy atom. The summed E-state index contributed by atoms with van der Waals surface area (Å²) in [5.74, 6) is -0.357. The fourth-order valence-corrected chi connectivity index (χ4v) is 2.57. The molecule has 1 atom stereocenters. The minimum Gasteiger partial charge on any atom is -0.480 e. The van der Waals surface area contributed by atoms with E-state index in [-0.39, 0.29) is 0 Å². The predicted molar refractivity (Wildman–Crippen MR) is 71.4 cm³/mol. The van der Waals surface area contributed by atoms with Crippen molar-refractivity contribution in [3.63, 3.8) is 0 Å². The molecular weight excluding hydrogens is 266 g/mol. The third-order valence-electron chi connectivity index (χ3n) is 2.77. The van der Waals surface area contributed by atoms with Crippen molar-refractivity contribution >= 4 is 23.6 Å². The molecule has 0 aromatic heterocycles. The van der Waals surface area contributed by atoms with Crippen LogP contribution in [0.4, 0.5) is 0 Å². The van der Waals surface area contributed by atoms with E-state index in [2.05, 4.69) is 5.32 Å². The first-order valence-corrected chi connectivity index (χ1v) is 6.82. The van der Waals surface area contributed by atoms with Crippen LogP contribution >= 0.6 is 11.8 Å². The van der Waals surface area contributed by atoms with Gasteiger partial charge in [0.15, 0.2) is 6.10 Å². The lowest BCUT2D eigenvalue weighted by molar-refractivity contribution is -0.147. The number of benzene rings is 1. The number of amides is 1. The molecule has 1 aliphatic rings. The molecule has 6 heteroatoms. The zero-order chi connectivity index (χ0) is 14.0. The molecule has 102 valence electrons. The van der Waals surface area contributed by atoms with Crippen molar-refractivity contribution in [3.05, 3.63) is 24.3 Å². The summed E-state index contributed by atoms with van der Waals surface area (Å²) in [6.45, 7) is 2.88. The number of hydrogen-bond acceptors (Lipinski definition) is 4. The number of aliphatic carboxylic acids is 1. The summed E-state index contributed by atoms with van der Waals surface area (Å²) in [5.41, 5.74) is -1.30. The van der Waals surface area contributed by atoms with Crippen molar-refractivity contribution < 1.29 is 19.4 Å². The number of carboxylic acid groups (broad SMARTS) is 1. The monoisotopic (exact) mass is 281 g/mol. The van der Waals surface area contributed by atoms with Gasteiger partial charge in [-0.05, 0) is 26.0 Å². The Kier molecular flexibility index (Phi) is 3.71. The van der Waals surface area contributed by atoms with E-state index in [1.165, 1.54) is 25.6 Å². The molecular formula is C13H15NO4S. The first kappa shape index (κ1) is 13.7. The van der Waals surface area contributed by atoms with Crippen molar-refractivity contribution in [1.82, 2.24) is 5.32 Å². The second-order valence-corrected chi connectivity index (χ2v) is 5.85. The van der Waals surface area contributed by atoms with Crippen LogP contribution in [0.25, 0.3) is 0 Å². The van der Waals surface area contributed by atoms with E-state index in [1.807, 2.05) is 18.2 Å². The zero-order valence-corrected chi connectivity index (χ0v) is 11.5. The van der Waals surface area contributed by atoms with Crippen LogP contribution in [0.5, 0.6) is 5.75 Å². The Bertz CT molecular complexity index is 515. The van der Waals surface area contributed by atoms with Gasteiger partial charge in [-0.1, -0.05) is 12.1 Å². The molecule has 0 fully saturated rings. The maximum absolute atomic E-state index is 12.0. The number of para-hydroxylation sites is 1. The van der Waals surface area contributed by atoms with Crippen LogP contribution in [0, 0.1) is 0 Å². The molecule has 1 aromatic rings. The molecule has 2 N–H and O–H groups in total. The molecule has 0 unspecified atom stereocenters. The summed E-state index contributed by atoms with van der Waals surface area (Å²) >= 11 is 1.53. The number of ether oxygens (including phenoxy) is 1.